The van der Waals surface area contributed by atoms with Crippen molar-refractivity contribution in [3.05, 3.63) is 53.6 Å². The van der Waals surface area contributed by atoms with E-state index in [9.17, 15) is 4.79 Å². The molecule has 35 heavy (non-hydrogen) atoms. The Hall–Kier alpha value is -2.81. The first-order valence-corrected chi connectivity index (χ1v) is 12.3. The van der Waals surface area contributed by atoms with Gasteiger partial charge in [0.25, 0.3) is 5.91 Å². The van der Waals surface area contributed by atoms with Gasteiger partial charge in [-0.25, -0.2) is 5.01 Å². The summed E-state index contributed by atoms with van der Waals surface area (Å²) in [6.07, 6.45) is 1.60. The van der Waals surface area contributed by atoms with Crippen molar-refractivity contribution < 1.29 is 28.5 Å². The van der Waals surface area contributed by atoms with Crippen molar-refractivity contribution in [2.75, 3.05) is 59.2 Å². The van der Waals surface area contributed by atoms with Crippen LogP contribution in [0.2, 0.25) is 0 Å². The maximum absolute atomic E-state index is 13.2. The largest absolute Gasteiger partial charge is 0.493 e. The van der Waals surface area contributed by atoms with Gasteiger partial charge in [-0.1, -0.05) is 6.07 Å². The quantitative estimate of drug-likeness (QED) is 0.280. The number of ether oxygens (including phenoxy) is 5. The molecule has 1 heterocycles. The Kier molecular flexibility index (Phi) is 11.1. The lowest BCUT2D eigenvalue weighted by atomic mass is 10.0. The Morgan fingerprint density at radius 1 is 1.00 bits per heavy atom. The van der Waals surface area contributed by atoms with Gasteiger partial charge in [0.2, 0.25) is 0 Å². The molecule has 190 valence electrons. The number of methoxy groups -OCH3 is 1. The van der Waals surface area contributed by atoms with E-state index in [0.717, 1.165) is 24.1 Å². The Morgan fingerprint density at radius 2 is 1.80 bits per heavy atom. The summed E-state index contributed by atoms with van der Waals surface area (Å²) in [5.41, 5.74) is 2.28. The van der Waals surface area contributed by atoms with Crippen LogP contribution in [0.15, 0.2) is 47.6 Å². The molecule has 8 nitrogen and oxygen atoms in total. The first-order valence-electron chi connectivity index (χ1n) is 11.8. The van der Waals surface area contributed by atoms with E-state index in [-0.39, 0.29) is 5.91 Å². The number of hydrogen-bond acceptors (Lipinski definition) is 7. The third-order valence-electron chi connectivity index (χ3n) is 5.23. The molecule has 0 aliphatic carbocycles. The van der Waals surface area contributed by atoms with Crippen molar-refractivity contribution in [2.24, 2.45) is 5.10 Å². The summed E-state index contributed by atoms with van der Waals surface area (Å²) in [5.74, 6) is 2.24. The lowest BCUT2D eigenvalue weighted by molar-refractivity contribution is 0.0410. The topological polar surface area (TPSA) is 78.8 Å². The molecule has 2 aromatic carbocycles. The first kappa shape index (κ1) is 26.8. The number of benzene rings is 2. The summed E-state index contributed by atoms with van der Waals surface area (Å²) < 4.78 is 27.5. The van der Waals surface area contributed by atoms with E-state index in [4.69, 9.17) is 35.3 Å². The van der Waals surface area contributed by atoms with Crippen molar-refractivity contribution >= 4 is 23.2 Å². The van der Waals surface area contributed by atoms with Gasteiger partial charge in [0, 0.05) is 23.6 Å². The molecule has 0 fully saturated rings. The fourth-order valence-corrected chi connectivity index (χ4v) is 3.69. The number of alkyl halides is 1. The Balaban J connectivity index is 1.60. The van der Waals surface area contributed by atoms with E-state index in [2.05, 4.69) is 5.10 Å². The molecule has 0 aromatic heterocycles. The van der Waals surface area contributed by atoms with Crippen LogP contribution in [0.25, 0.3) is 0 Å². The summed E-state index contributed by atoms with van der Waals surface area (Å²) in [4.78, 5) is 13.2. The van der Waals surface area contributed by atoms with Crippen LogP contribution in [0.4, 0.5) is 0 Å². The van der Waals surface area contributed by atoms with Crippen molar-refractivity contribution in [3.63, 3.8) is 0 Å². The average Bonchev–Trinajstić information content (AvgIpc) is 2.90. The van der Waals surface area contributed by atoms with Gasteiger partial charge in [0.1, 0.15) is 12.4 Å². The zero-order chi connectivity index (χ0) is 24.9. The predicted molar refractivity (Wildman–Crippen MR) is 135 cm³/mol. The monoisotopic (exact) mass is 504 g/mol. The third-order valence-corrected chi connectivity index (χ3v) is 5.38. The maximum atomic E-state index is 13.2. The highest BCUT2D eigenvalue weighted by Crippen LogP contribution is 2.29. The summed E-state index contributed by atoms with van der Waals surface area (Å²) in [6.45, 7) is 5.31. The lowest BCUT2D eigenvalue weighted by Crippen LogP contribution is -2.32. The van der Waals surface area contributed by atoms with Gasteiger partial charge < -0.3 is 23.7 Å². The average molecular weight is 505 g/mol. The number of carbonyl (C=O) groups excluding carboxylic acids is 1. The minimum atomic E-state index is -0.168. The van der Waals surface area contributed by atoms with E-state index in [1.54, 1.807) is 25.3 Å². The number of carbonyl (C=O) groups is 1. The molecule has 0 spiro atoms. The highest BCUT2D eigenvalue weighted by atomic mass is 35.5. The number of amides is 1. The fourth-order valence-electron chi connectivity index (χ4n) is 3.58. The molecule has 1 aliphatic rings. The van der Waals surface area contributed by atoms with Crippen LogP contribution in [0.1, 0.15) is 35.7 Å². The van der Waals surface area contributed by atoms with Crippen LogP contribution in [-0.2, 0) is 9.47 Å². The van der Waals surface area contributed by atoms with Crippen LogP contribution in [0.3, 0.4) is 0 Å². The molecule has 0 bridgehead atoms. The van der Waals surface area contributed by atoms with Crippen molar-refractivity contribution in [3.8, 4) is 17.2 Å². The SMILES string of the molecule is CCOc1cc(C2=NN(C(=O)c3cccc(OCCOCCOCCCl)c3)CCC2)ccc1OC. The minimum Gasteiger partial charge on any atom is -0.493 e. The van der Waals surface area contributed by atoms with Crippen LogP contribution in [0.5, 0.6) is 17.2 Å². The van der Waals surface area contributed by atoms with E-state index in [1.807, 2.05) is 31.2 Å². The van der Waals surface area contributed by atoms with Crippen molar-refractivity contribution in [1.29, 1.82) is 0 Å². The van der Waals surface area contributed by atoms with Crippen LogP contribution >= 0.6 is 11.6 Å². The zero-order valence-corrected chi connectivity index (χ0v) is 21.1. The standard InChI is InChI=1S/C26H33ClN2O6/c1-3-34-25-19-20(9-10-24(25)31-2)23-8-5-12-29(28-23)26(30)21-6-4-7-22(18-21)35-17-16-33-15-14-32-13-11-27/h4,6-7,9-10,18-19H,3,5,8,11-17H2,1-2H3. The Morgan fingerprint density at radius 3 is 2.57 bits per heavy atom. The van der Waals surface area contributed by atoms with Crippen molar-refractivity contribution in [2.45, 2.75) is 19.8 Å². The van der Waals surface area contributed by atoms with Crippen molar-refractivity contribution in [1.82, 2.24) is 5.01 Å². The van der Waals surface area contributed by atoms with Gasteiger partial charge in [0.05, 0.1) is 45.9 Å². The van der Waals surface area contributed by atoms with Crippen LogP contribution in [0, 0.1) is 0 Å². The highest BCUT2D eigenvalue weighted by molar-refractivity contribution is 6.17. The fraction of sp³-hybridized carbons (Fsp3) is 0.462. The molecule has 9 heteroatoms. The molecule has 0 atom stereocenters. The number of nitrogens with zero attached hydrogens (tertiary/aromatic N) is 2. The van der Waals surface area contributed by atoms with Crippen LogP contribution < -0.4 is 14.2 Å². The van der Waals surface area contributed by atoms with Crippen LogP contribution in [-0.4, -0.2) is 75.8 Å². The molecule has 0 unspecified atom stereocenters. The molecular formula is C26H33ClN2O6. The van der Waals surface area contributed by atoms with Gasteiger partial charge >= 0.3 is 0 Å². The number of hydrogen-bond donors (Lipinski definition) is 0. The molecule has 0 saturated heterocycles. The van der Waals surface area contributed by atoms with Gasteiger partial charge in [-0.05, 0) is 56.2 Å². The van der Waals surface area contributed by atoms with E-state index in [1.165, 1.54) is 5.01 Å². The Labute approximate surface area is 211 Å². The second-order valence-electron chi connectivity index (χ2n) is 7.67. The second-order valence-corrected chi connectivity index (χ2v) is 8.05. The van der Waals surface area contributed by atoms with Gasteiger partial charge in [-0.3, -0.25) is 4.79 Å². The summed E-state index contributed by atoms with van der Waals surface area (Å²) in [6, 6.07) is 12.8. The van der Waals surface area contributed by atoms with E-state index in [0.29, 0.717) is 74.9 Å². The molecule has 1 amide bonds. The second kappa shape index (κ2) is 14.6. The zero-order valence-electron chi connectivity index (χ0n) is 20.3. The summed E-state index contributed by atoms with van der Waals surface area (Å²) >= 11 is 5.55. The normalized spacial score (nSPS) is 13.3. The molecular weight excluding hydrogens is 472 g/mol. The number of rotatable bonds is 14. The maximum Gasteiger partial charge on any atom is 0.274 e. The Bertz CT molecular complexity index is 984. The van der Waals surface area contributed by atoms with E-state index < -0.39 is 0 Å². The molecule has 0 N–H and O–H groups in total. The number of halogens is 1. The lowest BCUT2D eigenvalue weighted by Gasteiger charge is -2.24. The molecule has 1 aliphatic heterocycles. The van der Waals surface area contributed by atoms with Gasteiger partial charge in [-0.2, -0.15) is 5.10 Å². The first-order chi connectivity index (χ1) is 17.2. The summed E-state index contributed by atoms with van der Waals surface area (Å²) in [5, 5.41) is 6.18. The third kappa shape index (κ3) is 8.13. The molecule has 2 aromatic rings. The predicted octanol–water partition coefficient (Wildman–Crippen LogP) is 4.39. The highest BCUT2D eigenvalue weighted by Gasteiger charge is 2.22. The van der Waals surface area contributed by atoms with E-state index >= 15 is 0 Å². The minimum absolute atomic E-state index is 0.168. The number of hydrazone groups is 1. The molecule has 0 radical (unpaired) electrons. The van der Waals surface area contributed by atoms with Gasteiger partial charge in [-0.15, -0.1) is 11.6 Å². The smallest absolute Gasteiger partial charge is 0.274 e. The molecule has 3 rings (SSSR count). The van der Waals surface area contributed by atoms with Gasteiger partial charge in [0.15, 0.2) is 11.5 Å². The molecule has 0 saturated carbocycles. The summed E-state index contributed by atoms with van der Waals surface area (Å²) in [7, 11) is 1.61.